The summed E-state index contributed by atoms with van der Waals surface area (Å²) in [6.45, 7) is 0. The Morgan fingerprint density at radius 1 is 0.696 bits per heavy atom. The van der Waals surface area contributed by atoms with Gasteiger partial charge in [-0.25, -0.2) is 0 Å². The Balaban J connectivity index is 1.97. The second kappa shape index (κ2) is 6.62. The van der Waals surface area contributed by atoms with Crippen molar-refractivity contribution < 1.29 is 14.6 Å². The molecule has 0 bridgehead atoms. The zero-order valence-corrected chi connectivity index (χ0v) is 12.1. The van der Waals surface area contributed by atoms with Gasteiger partial charge in [-0.05, 0) is 11.1 Å². The van der Waals surface area contributed by atoms with Crippen molar-refractivity contribution in [1.29, 1.82) is 0 Å². The van der Waals surface area contributed by atoms with Crippen LogP contribution in [0.15, 0.2) is 77.6 Å². The van der Waals surface area contributed by atoms with Gasteiger partial charge in [-0.1, -0.05) is 60.7 Å². The van der Waals surface area contributed by atoms with Crippen molar-refractivity contribution in [2.24, 2.45) is 0 Å². The third-order valence-electron chi connectivity index (χ3n) is 3.31. The van der Waals surface area contributed by atoms with Gasteiger partial charge >= 0.3 is 0 Å². The normalized spacial score (nSPS) is 12.3. The molecule has 0 saturated carbocycles. The average Bonchev–Trinajstić information content (AvgIpc) is 3.08. The van der Waals surface area contributed by atoms with Crippen LogP contribution in [-0.4, -0.2) is 20.4 Å². The predicted molar refractivity (Wildman–Crippen MR) is 86.6 cm³/mol. The summed E-state index contributed by atoms with van der Waals surface area (Å²) in [5.41, 5.74) is 2.32. The van der Waals surface area contributed by atoms with Crippen LogP contribution in [0.25, 0.3) is 11.1 Å². The van der Waals surface area contributed by atoms with Crippen LogP contribution in [0.5, 0.6) is 0 Å². The van der Waals surface area contributed by atoms with E-state index in [1.165, 1.54) is 0 Å². The highest BCUT2D eigenvalue weighted by molar-refractivity contribution is 5.77. The molecule has 2 aromatic carbocycles. The average molecular weight is 306 g/mol. The molecule has 114 valence electrons. The topological polar surface area (TPSA) is 79.4 Å². The summed E-state index contributed by atoms with van der Waals surface area (Å²) in [6.07, 6.45) is 1.86. The highest BCUT2D eigenvalue weighted by Crippen LogP contribution is 2.26. The van der Waals surface area contributed by atoms with Gasteiger partial charge in [0, 0.05) is 0 Å². The van der Waals surface area contributed by atoms with Gasteiger partial charge in [-0.15, -0.1) is 10.2 Å². The summed E-state index contributed by atoms with van der Waals surface area (Å²) in [4.78, 5) is 0. The molecule has 0 spiro atoms. The molecule has 0 aliphatic carbocycles. The van der Waals surface area contributed by atoms with Crippen molar-refractivity contribution in [3.63, 3.8) is 0 Å². The molecule has 0 aliphatic rings. The molecule has 3 rings (SSSR count). The van der Waals surface area contributed by atoms with E-state index in [9.17, 15) is 10.2 Å². The molecule has 0 saturated heterocycles. The van der Waals surface area contributed by atoms with E-state index in [2.05, 4.69) is 10.2 Å². The zero-order chi connectivity index (χ0) is 16.1. The van der Waals surface area contributed by atoms with Crippen molar-refractivity contribution in [2.75, 3.05) is 0 Å². The number of rotatable bonds is 4. The smallest absolute Gasteiger partial charge is 0.251 e. The van der Waals surface area contributed by atoms with E-state index in [0.29, 0.717) is 11.1 Å². The van der Waals surface area contributed by atoms with Gasteiger partial charge in [0.15, 0.2) is 0 Å². The van der Waals surface area contributed by atoms with Gasteiger partial charge in [0.2, 0.25) is 0 Å². The molecule has 2 N–H and O–H groups in total. The first-order chi connectivity index (χ1) is 11.3. The molecular formula is C18H14N2O3. The minimum absolute atomic E-state index is 0.170. The molecule has 0 radical (unpaired) electrons. The largest absolute Gasteiger partial charge is 0.515 e. The number of aromatic nitrogens is 2. The first kappa shape index (κ1) is 14.6. The zero-order valence-electron chi connectivity index (χ0n) is 12.1. The SMILES string of the molecule is O/C=C(\c1ccccc1)c1nnc(/C(=C/O)c2ccccc2)o1. The maximum absolute atomic E-state index is 9.50. The van der Waals surface area contributed by atoms with Crippen LogP contribution in [0.2, 0.25) is 0 Å². The summed E-state index contributed by atoms with van der Waals surface area (Å²) < 4.78 is 5.62. The Kier molecular flexibility index (Phi) is 4.20. The van der Waals surface area contributed by atoms with Gasteiger partial charge in [0.05, 0.1) is 23.7 Å². The molecule has 5 heteroatoms. The van der Waals surface area contributed by atoms with Crippen LogP contribution >= 0.6 is 0 Å². The summed E-state index contributed by atoms with van der Waals surface area (Å²) in [7, 11) is 0. The minimum Gasteiger partial charge on any atom is -0.515 e. The van der Waals surface area contributed by atoms with E-state index in [4.69, 9.17) is 4.42 Å². The van der Waals surface area contributed by atoms with E-state index >= 15 is 0 Å². The Bertz CT molecular complexity index is 767. The first-order valence-electron chi connectivity index (χ1n) is 6.97. The maximum atomic E-state index is 9.50. The van der Waals surface area contributed by atoms with Crippen molar-refractivity contribution in [3.05, 3.63) is 96.1 Å². The van der Waals surface area contributed by atoms with E-state index in [1.54, 1.807) is 0 Å². The Morgan fingerprint density at radius 3 is 1.43 bits per heavy atom. The van der Waals surface area contributed by atoms with Gasteiger partial charge in [-0.2, -0.15) is 0 Å². The van der Waals surface area contributed by atoms with Crippen molar-refractivity contribution >= 4 is 11.1 Å². The number of hydrogen-bond donors (Lipinski definition) is 2. The number of aliphatic hydroxyl groups excluding tert-OH is 2. The fourth-order valence-electron chi connectivity index (χ4n) is 2.18. The van der Waals surface area contributed by atoms with Crippen molar-refractivity contribution in [3.8, 4) is 0 Å². The molecule has 23 heavy (non-hydrogen) atoms. The molecule has 0 aliphatic heterocycles. The lowest BCUT2D eigenvalue weighted by Crippen LogP contribution is -1.88. The highest BCUT2D eigenvalue weighted by Gasteiger charge is 2.17. The van der Waals surface area contributed by atoms with Crippen LogP contribution < -0.4 is 0 Å². The maximum Gasteiger partial charge on any atom is 0.251 e. The Morgan fingerprint density at radius 2 is 1.09 bits per heavy atom. The number of aliphatic hydroxyl groups is 2. The lowest BCUT2D eigenvalue weighted by molar-refractivity contribution is 0.465. The van der Waals surface area contributed by atoms with Crippen LogP contribution in [0.4, 0.5) is 0 Å². The minimum atomic E-state index is 0.170. The van der Waals surface area contributed by atoms with E-state index in [1.807, 2.05) is 60.7 Å². The molecule has 0 amide bonds. The summed E-state index contributed by atoms with van der Waals surface area (Å²) >= 11 is 0. The van der Waals surface area contributed by atoms with E-state index < -0.39 is 0 Å². The molecular weight excluding hydrogens is 292 g/mol. The highest BCUT2D eigenvalue weighted by atomic mass is 16.4. The summed E-state index contributed by atoms with van der Waals surface area (Å²) in [6, 6.07) is 18.4. The van der Waals surface area contributed by atoms with Gasteiger partial charge in [-0.3, -0.25) is 0 Å². The van der Waals surface area contributed by atoms with E-state index in [0.717, 1.165) is 23.7 Å². The summed E-state index contributed by atoms with van der Waals surface area (Å²) in [5.74, 6) is 0.341. The third kappa shape index (κ3) is 2.98. The van der Waals surface area contributed by atoms with Crippen molar-refractivity contribution in [1.82, 2.24) is 10.2 Å². The molecule has 0 unspecified atom stereocenters. The van der Waals surface area contributed by atoms with Crippen LogP contribution in [-0.2, 0) is 0 Å². The standard InChI is InChI=1S/C18H14N2O3/c21-11-15(13-7-3-1-4-8-13)17-19-20-18(23-17)16(12-22)14-9-5-2-6-10-14/h1-12,21-22H/b15-11+,16-12+. The molecule has 1 heterocycles. The third-order valence-corrected chi connectivity index (χ3v) is 3.31. The van der Waals surface area contributed by atoms with Crippen LogP contribution in [0.1, 0.15) is 22.9 Å². The number of hydrogen-bond acceptors (Lipinski definition) is 5. The quantitative estimate of drug-likeness (QED) is 0.713. The fraction of sp³-hybridized carbons (Fsp3) is 0. The number of benzene rings is 2. The van der Waals surface area contributed by atoms with Gasteiger partial charge in [0.1, 0.15) is 0 Å². The number of nitrogens with zero attached hydrogens (tertiary/aromatic N) is 2. The first-order valence-corrected chi connectivity index (χ1v) is 6.97. The van der Waals surface area contributed by atoms with E-state index in [-0.39, 0.29) is 11.8 Å². The second-order valence-electron chi connectivity index (χ2n) is 4.73. The predicted octanol–water partition coefficient (Wildman–Crippen LogP) is 3.96. The second-order valence-corrected chi connectivity index (χ2v) is 4.73. The summed E-state index contributed by atoms with van der Waals surface area (Å²) in [5, 5.41) is 26.9. The van der Waals surface area contributed by atoms with Crippen molar-refractivity contribution in [2.45, 2.75) is 0 Å². The Hall–Kier alpha value is -3.34. The molecule has 0 atom stereocenters. The lowest BCUT2D eigenvalue weighted by Gasteiger charge is -2.02. The molecule has 5 nitrogen and oxygen atoms in total. The lowest BCUT2D eigenvalue weighted by atomic mass is 10.1. The van der Waals surface area contributed by atoms with Gasteiger partial charge < -0.3 is 14.6 Å². The molecule has 0 fully saturated rings. The molecule has 3 aromatic rings. The van der Waals surface area contributed by atoms with Crippen LogP contribution in [0, 0.1) is 0 Å². The van der Waals surface area contributed by atoms with Gasteiger partial charge in [0.25, 0.3) is 11.8 Å². The van der Waals surface area contributed by atoms with Crippen LogP contribution in [0.3, 0.4) is 0 Å². The molecule has 1 aromatic heterocycles. The monoisotopic (exact) mass is 306 g/mol. The Labute approximate surface area is 132 Å². The fourth-order valence-corrected chi connectivity index (χ4v) is 2.18.